The second-order valence-corrected chi connectivity index (χ2v) is 4.06. The van der Waals surface area contributed by atoms with Crippen molar-refractivity contribution in [3.8, 4) is 5.75 Å². The molecule has 0 saturated heterocycles. The molecule has 0 spiro atoms. The highest BCUT2D eigenvalue weighted by Crippen LogP contribution is 2.27. The molecule has 0 saturated carbocycles. The van der Waals surface area contributed by atoms with Gasteiger partial charge in [-0.05, 0) is 36.1 Å². The molecule has 0 aliphatic carbocycles. The minimum absolute atomic E-state index is 0.113. The van der Waals surface area contributed by atoms with E-state index < -0.39 is 23.3 Å². The van der Waals surface area contributed by atoms with E-state index in [1.807, 2.05) is 0 Å². The quantitative estimate of drug-likeness (QED) is 0.613. The molecule has 0 amide bonds. The fraction of sp³-hybridized carbons (Fsp3) is 0.333. The van der Waals surface area contributed by atoms with Crippen LogP contribution >= 0.6 is 0 Å². The lowest BCUT2D eigenvalue weighted by molar-refractivity contribution is -0.274. The number of rotatable bonds is 3. The van der Waals surface area contributed by atoms with Crippen LogP contribution in [0, 0.1) is 5.82 Å². The second kappa shape index (κ2) is 4.60. The largest absolute Gasteiger partial charge is 0.573 e. The van der Waals surface area contributed by atoms with Crippen LogP contribution in [0.3, 0.4) is 0 Å². The third kappa shape index (κ3) is 3.66. The van der Waals surface area contributed by atoms with Crippen LogP contribution in [0.4, 0.5) is 17.6 Å². The molecule has 1 aromatic rings. The molecule has 0 atom stereocenters. The van der Waals surface area contributed by atoms with Gasteiger partial charge in [0.1, 0.15) is 27.3 Å². The number of benzene rings is 1. The summed E-state index contributed by atoms with van der Waals surface area (Å²) in [6.07, 6.45) is -4.78. The Balaban J connectivity index is 3.11. The monoisotopic (exact) mass is 247 g/mol. The fourth-order valence-electron chi connectivity index (χ4n) is 1.32. The van der Waals surface area contributed by atoms with Crippen LogP contribution in [0.5, 0.6) is 5.75 Å². The summed E-state index contributed by atoms with van der Waals surface area (Å²) in [5.74, 6) is -1.02. The molecule has 0 aromatic heterocycles. The van der Waals surface area contributed by atoms with E-state index in [2.05, 4.69) is 10.1 Å². The molecule has 1 aromatic carbocycles. The van der Waals surface area contributed by atoms with Crippen molar-refractivity contribution in [2.75, 3.05) is 7.05 Å². The molecule has 0 aliphatic rings. The summed E-state index contributed by atoms with van der Waals surface area (Å²) in [5, 5.41) is 2.03. The molecule has 1 rings (SSSR count). The van der Waals surface area contributed by atoms with E-state index in [0.717, 1.165) is 18.2 Å². The molecule has 8 heteroatoms. The Labute approximate surface area is 98.2 Å². The maximum Gasteiger partial charge on any atom is 0.573 e. The average Bonchev–Trinajstić information content (AvgIpc) is 2.18. The average molecular weight is 247 g/mol. The van der Waals surface area contributed by atoms with Gasteiger partial charge >= 0.3 is 6.36 Å². The Morgan fingerprint density at radius 2 is 1.82 bits per heavy atom. The zero-order valence-corrected chi connectivity index (χ0v) is 9.65. The number of hydrogen-bond acceptors (Lipinski definition) is 2. The first kappa shape index (κ1) is 13.9. The van der Waals surface area contributed by atoms with E-state index in [1.54, 1.807) is 22.7 Å². The molecule has 92 valence electrons. The molecule has 2 nitrogen and oxygen atoms in total. The maximum absolute atomic E-state index is 13.5. The second-order valence-electron chi connectivity index (χ2n) is 4.06. The summed E-state index contributed by atoms with van der Waals surface area (Å²) in [5.41, 5.74) is 0.113. The van der Waals surface area contributed by atoms with Gasteiger partial charge < -0.3 is 10.1 Å². The Morgan fingerprint density at radius 1 is 1.24 bits per heavy atom. The standard InChI is InChI=1S/C9H11B2F4NO/c1-16-8(10,11)6-4-5(2-3-7(6)12)17-9(13,14)15/h2-4,16H,10-11H2,1H3. The van der Waals surface area contributed by atoms with Crippen molar-refractivity contribution in [3.63, 3.8) is 0 Å². The van der Waals surface area contributed by atoms with Crippen molar-refractivity contribution in [3.05, 3.63) is 29.6 Å². The van der Waals surface area contributed by atoms with Gasteiger partial charge in [-0.3, -0.25) is 0 Å². The van der Waals surface area contributed by atoms with Gasteiger partial charge in [-0.2, -0.15) is 0 Å². The van der Waals surface area contributed by atoms with E-state index in [4.69, 9.17) is 0 Å². The Morgan fingerprint density at radius 3 is 2.29 bits per heavy atom. The summed E-state index contributed by atoms with van der Waals surface area (Å²) in [6, 6.07) is 2.94. The highest BCUT2D eigenvalue weighted by molar-refractivity contribution is 6.39. The number of hydrogen-bond donors (Lipinski definition) is 1. The summed E-state index contributed by atoms with van der Waals surface area (Å²) in [4.78, 5) is 0. The lowest BCUT2D eigenvalue weighted by atomic mass is 9.58. The van der Waals surface area contributed by atoms with Crippen LogP contribution in [0.25, 0.3) is 0 Å². The third-order valence-electron chi connectivity index (χ3n) is 2.47. The summed E-state index contributed by atoms with van der Waals surface area (Å²) in [6.45, 7) is 0. The maximum atomic E-state index is 13.5. The van der Waals surface area contributed by atoms with Gasteiger partial charge in [-0.1, -0.05) is 0 Å². The van der Waals surface area contributed by atoms with Crippen molar-refractivity contribution in [2.45, 2.75) is 11.7 Å². The molecule has 0 radical (unpaired) electrons. The van der Waals surface area contributed by atoms with Crippen LogP contribution in [0.2, 0.25) is 0 Å². The fourth-order valence-corrected chi connectivity index (χ4v) is 1.32. The van der Waals surface area contributed by atoms with E-state index in [1.165, 1.54) is 0 Å². The van der Waals surface area contributed by atoms with Gasteiger partial charge in [-0.15, -0.1) is 13.2 Å². The molecular formula is C9H11B2F4NO. The number of nitrogens with one attached hydrogen (secondary N) is 1. The van der Waals surface area contributed by atoms with Gasteiger partial charge in [0.2, 0.25) is 0 Å². The Bertz CT molecular complexity index is 408. The van der Waals surface area contributed by atoms with E-state index in [0.29, 0.717) is 0 Å². The molecule has 1 N–H and O–H groups in total. The van der Waals surface area contributed by atoms with Crippen molar-refractivity contribution >= 4 is 15.7 Å². The number of halogens is 4. The van der Waals surface area contributed by atoms with Crippen LogP contribution < -0.4 is 10.1 Å². The zero-order chi connectivity index (χ0) is 13.3. The van der Waals surface area contributed by atoms with Crippen LogP contribution in [-0.4, -0.2) is 29.1 Å². The van der Waals surface area contributed by atoms with Crippen molar-refractivity contribution < 1.29 is 22.3 Å². The molecule has 0 unspecified atom stereocenters. The topological polar surface area (TPSA) is 21.3 Å². The lowest BCUT2D eigenvalue weighted by Gasteiger charge is -2.26. The first-order chi connectivity index (χ1) is 7.65. The van der Waals surface area contributed by atoms with Gasteiger partial charge in [0.25, 0.3) is 0 Å². The number of alkyl halides is 3. The Kier molecular flexibility index (Phi) is 3.76. The van der Waals surface area contributed by atoms with Crippen LogP contribution in [-0.2, 0) is 5.34 Å². The summed E-state index contributed by atoms with van der Waals surface area (Å²) >= 11 is 0. The number of ether oxygens (including phenoxy) is 1. The molecule has 0 bridgehead atoms. The van der Waals surface area contributed by atoms with E-state index in [-0.39, 0.29) is 5.56 Å². The predicted molar refractivity (Wildman–Crippen MR) is 60.9 cm³/mol. The SMILES string of the molecule is BC(B)(NC)c1cc(OC(F)(F)F)ccc1F. The summed E-state index contributed by atoms with van der Waals surface area (Å²) in [7, 11) is 4.91. The van der Waals surface area contributed by atoms with Gasteiger partial charge in [-0.25, -0.2) is 4.39 Å². The molecule has 0 fully saturated rings. The predicted octanol–water partition coefficient (Wildman–Crippen LogP) is 0.320. The highest BCUT2D eigenvalue weighted by Gasteiger charge is 2.32. The third-order valence-corrected chi connectivity index (χ3v) is 2.47. The van der Waals surface area contributed by atoms with Crippen molar-refractivity contribution in [2.24, 2.45) is 0 Å². The summed E-state index contributed by atoms with van der Waals surface area (Å²) < 4.78 is 53.3. The van der Waals surface area contributed by atoms with Crippen molar-refractivity contribution in [1.82, 2.24) is 5.32 Å². The van der Waals surface area contributed by atoms with E-state index >= 15 is 0 Å². The molecular weight excluding hydrogens is 236 g/mol. The minimum Gasteiger partial charge on any atom is -0.406 e. The van der Waals surface area contributed by atoms with Crippen LogP contribution in [0.15, 0.2) is 18.2 Å². The van der Waals surface area contributed by atoms with Gasteiger partial charge in [0.05, 0.1) is 0 Å². The normalized spacial score (nSPS) is 12.5. The molecule has 17 heavy (non-hydrogen) atoms. The van der Waals surface area contributed by atoms with Crippen molar-refractivity contribution in [1.29, 1.82) is 0 Å². The van der Waals surface area contributed by atoms with Crippen LogP contribution in [0.1, 0.15) is 5.56 Å². The Hall–Kier alpha value is -1.17. The highest BCUT2D eigenvalue weighted by atomic mass is 19.4. The lowest BCUT2D eigenvalue weighted by Crippen LogP contribution is -2.41. The minimum atomic E-state index is -4.78. The smallest absolute Gasteiger partial charge is 0.406 e. The molecule has 0 heterocycles. The zero-order valence-electron chi connectivity index (χ0n) is 9.65. The van der Waals surface area contributed by atoms with Gasteiger partial charge in [0.15, 0.2) is 0 Å². The van der Waals surface area contributed by atoms with E-state index in [9.17, 15) is 17.6 Å². The van der Waals surface area contributed by atoms with Gasteiger partial charge in [0, 0.05) is 0 Å². The first-order valence-electron chi connectivity index (χ1n) is 4.90. The molecule has 0 aliphatic heterocycles. The first-order valence-corrected chi connectivity index (χ1v) is 4.90.